The fourth-order valence-corrected chi connectivity index (χ4v) is 2.64. The minimum Gasteiger partial charge on any atom is -0.493 e. The van der Waals surface area contributed by atoms with E-state index >= 15 is 0 Å². The van der Waals surface area contributed by atoms with E-state index in [-0.39, 0.29) is 6.10 Å². The van der Waals surface area contributed by atoms with Crippen LogP contribution in [0.25, 0.3) is 0 Å². The Kier molecular flexibility index (Phi) is 5.72. The van der Waals surface area contributed by atoms with Crippen LogP contribution in [0.15, 0.2) is 24.3 Å². The monoisotopic (exact) mass is 361 g/mol. The molecule has 0 spiro atoms. The zero-order chi connectivity index (χ0) is 12.8. The summed E-state index contributed by atoms with van der Waals surface area (Å²) in [5.41, 5.74) is 6.73. The summed E-state index contributed by atoms with van der Waals surface area (Å²) in [4.78, 5) is 0. The smallest absolute Gasteiger partial charge is 0.119 e. The average molecular weight is 361 g/mol. The fourth-order valence-electron chi connectivity index (χ4n) is 2.09. The summed E-state index contributed by atoms with van der Waals surface area (Å²) in [5.74, 6) is 1.70. The summed E-state index contributed by atoms with van der Waals surface area (Å²) in [6.45, 7) is 1.47. The van der Waals surface area contributed by atoms with Gasteiger partial charge >= 0.3 is 0 Å². The lowest BCUT2D eigenvalue weighted by atomic mass is 9.86. The zero-order valence-corrected chi connectivity index (χ0v) is 12.6. The Hall–Kier alpha value is -0.330. The van der Waals surface area contributed by atoms with Crippen molar-refractivity contribution in [3.8, 4) is 5.75 Å². The molecule has 0 heterocycles. The van der Waals surface area contributed by atoms with Crippen molar-refractivity contribution in [2.45, 2.75) is 31.8 Å². The molecule has 0 bridgehead atoms. The molecule has 1 atom stereocenters. The van der Waals surface area contributed by atoms with Gasteiger partial charge < -0.3 is 13.5 Å². The first-order chi connectivity index (χ1) is 8.83. The van der Waals surface area contributed by atoms with E-state index in [0.717, 1.165) is 30.3 Å². The van der Waals surface area contributed by atoms with Crippen molar-refractivity contribution in [2.24, 2.45) is 11.7 Å². The first-order valence-electron chi connectivity index (χ1n) is 6.53. The maximum absolute atomic E-state index is 5.83. The second-order valence-electron chi connectivity index (χ2n) is 4.84. The van der Waals surface area contributed by atoms with Gasteiger partial charge in [-0.15, -0.1) is 0 Å². The number of ether oxygens (including phenoxy) is 1. The Bertz CT molecular complexity index is 369. The van der Waals surface area contributed by atoms with Crippen LogP contribution in [-0.4, -0.2) is 13.2 Å². The van der Waals surface area contributed by atoms with Crippen LogP contribution < -0.4 is 10.5 Å². The van der Waals surface area contributed by atoms with Gasteiger partial charge in [0.05, 0.1) is 12.7 Å². The van der Waals surface area contributed by atoms with E-state index in [1.807, 2.05) is 35.1 Å². The lowest BCUT2D eigenvalue weighted by molar-refractivity contribution is 0.180. The lowest BCUT2D eigenvalue weighted by Gasteiger charge is -2.25. The van der Waals surface area contributed by atoms with Gasteiger partial charge in [-0.3, -0.25) is 0 Å². The van der Waals surface area contributed by atoms with Crippen LogP contribution >= 0.6 is 23.0 Å². The van der Waals surface area contributed by atoms with Crippen LogP contribution in [0, 0.1) is 5.92 Å². The highest BCUT2D eigenvalue weighted by Gasteiger charge is 2.18. The molecule has 1 saturated carbocycles. The van der Waals surface area contributed by atoms with Crippen molar-refractivity contribution >= 4 is 23.0 Å². The van der Waals surface area contributed by atoms with E-state index < -0.39 is 0 Å². The Morgan fingerprint density at radius 3 is 2.83 bits per heavy atom. The van der Waals surface area contributed by atoms with Crippen molar-refractivity contribution in [3.63, 3.8) is 0 Å². The second kappa shape index (κ2) is 7.31. The van der Waals surface area contributed by atoms with Crippen LogP contribution in [0.5, 0.6) is 5.75 Å². The molecule has 4 heteroatoms. The van der Waals surface area contributed by atoms with Gasteiger partial charge in [0.15, 0.2) is 0 Å². The molecule has 2 rings (SSSR count). The molecule has 1 aromatic rings. The van der Waals surface area contributed by atoms with Crippen LogP contribution in [0.2, 0.25) is 0 Å². The normalized spacial score (nSPS) is 17.2. The van der Waals surface area contributed by atoms with E-state index in [2.05, 4.69) is 12.1 Å². The zero-order valence-electron chi connectivity index (χ0n) is 10.5. The number of halogens is 1. The standard InChI is InChI=1S/C14H20INO2/c15-18-14(7-8-16)12-5-2-6-13(9-12)17-10-11-3-1-4-11/h2,5-6,9,11,14H,1,3-4,7-8,10,16H2. The van der Waals surface area contributed by atoms with E-state index in [9.17, 15) is 0 Å². The summed E-state index contributed by atoms with van der Waals surface area (Å²) in [6, 6.07) is 8.16. The Morgan fingerprint density at radius 1 is 1.39 bits per heavy atom. The van der Waals surface area contributed by atoms with Gasteiger partial charge in [0.2, 0.25) is 0 Å². The molecule has 0 saturated heterocycles. The first-order valence-corrected chi connectivity index (χ1v) is 7.41. The number of hydrogen-bond acceptors (Lipinski definition) is 3. The molecule has 1 aliphatic rings. The summed E-state index contributed by atoms with van der Waals surface area (Å²) in [6.07, 6.45) is 4.87. The van der Waals surface area contributed by atoms with Crippen LogP contribution in [0.4, 0.5) is 0 Å². The van der Waals surface area contributed by atoms with Crippen molar-refractivity contribution < 1.29 is 7.80 Å². The third-order valence-electron chi connectivity index (χ3n) is 3.48. The van der Waals surface area contributed by atoms with Crippen LogP contribution in [-0.2, 0) is 3.07 Å². The van der Waals surface area contributed by atoms with Gasteiger partial charge in [-0.25, -0.2) is 0 Å². The van der Waals surface area contributed by atoms with Gasteiger partial charge in [-0.05, 0) is 49.4 Å². The molecule has 1 unspecified atom stereocenters. The maximum Gasteiger partial charge on any atom is 0.119 e. The van der Waals surface area contributed by atoms with Crippen molar-refractivity contribution in [3.05, 3.63) is 29.8 Å². The minimum atomic E-state index is 0.0582. The fraction of sp³-hybridized carbons (Fsp3) is 0.571. The molecule has 1 aliphatic carbocycles. The second-order valence-corrected chi connectivity index (χ2v) is 5.34. The summed E-state index contributed by atoms with van der Waals surface area (Å²) >= 11 is 1.94. The Morgan fingerprint density at radius 2 is 2.22 bits per heavy atom. The third-order valence-corrected chi connectivity index (χ3v) is 4.09. The number of hydrogen-bond donors (Lipinski definition) is 1. The number of rotatable bonds is 7. The highest BCUT2D eigenvalue weighted by molar-refractivity contribution is 14.1. The average Bonchev–Trinajstić information content (AvgIpc) is 2.34. The van der Waals surface area contributed by atoms with Gasteiger partial charge in [0.1, 0.15) is 28.8 Å². The largest absolute Gasteiger partial charge is 0.493 e. The molecule has 0 aromatic heterocycles. The first kappa shape index (κ1) is 14.1. The molecule has 0 aliphatic heterocycles. The summed E-state index contributed by atoms with van der Waals surface area (Å²) < 4.78 is 11.3. The summed E-state index contributed by atoms with van der Waals surface area (Å²) in [7, 11) is 0. The quantitative estimate of drug-likeness (QED) is 0.755. The van der Waals surface area contributed by atoms with Crippen molar-refractivity contribution in [2.75, 3.05) is 13.2 Å². The van der Waals surface area contributed by atoms with Gasteiger partial charge in [0.25, 0.3) is 0 Å². The maximum atomic E-state index is 5.83. The molecule has 0 radical (unpaired) electrons. The Balaban J connectivity index is 1.94. The van der Waals surface area contributed by atoms with E-state index in [1.165, 1.54) is 19.3 Å². The number of nitrogens with two attached hydrogens (primary N) is 1. The molecule has 1 fully saturated rings. The molecular formula is C14H20INO2. The van der Waals surface area contributed by atoms with Crippen LogP contribution in [0.1, 0.15) is 37.4 Å². The highest BCUT2D eigenvalue weighted by Crippen LogP contribution is 2.29. The molecule has 18 heavy (non-hydrogen) atoms. The van der Waals surface area contributed by atoms with Gasteiger partial charge in [-0.2, -0.15) is 0 Å². The molecule has 2 N–H and O–H groups in total. The highest BCUT2D eigenvalue weighted by atomic mass is 127. The summed E-state index contributed by atoms with van der Waals surface area (Å²) in [5, 5.41) is 0. The SMILES string of the molecule is NCCC(OI)c1cccc(OCC2CCC2)c1. The predicted molar refractivity (Wildman–Crippen MR) is 80.8 cm³/mol. The van der Waals surface area contributed by atoms with Gasteiger partial charge in [-0.1, -0.05) is 18.6 Å². The lowest BCUT2D eigenvalue weighted by Crippen LogP contribution is -2.19. The number of benzene rings is 1. The molecular weight excluding hydrogens is 341 g/mol. The minimum absolute atomic E-state index is 0.0582. The predicted octanol–water partition coefficient (Wildman–Crippen LogP) is 3.62. The van der Waals surface area contributed by atoms with Gasteiger partial charge in [0, 0.05) is 0 Å². The topological polar surface area (TPSA) is 44.5 Å². The van der Waals surface area contributed by atoms with E-state index in [1.54, 1.807) is 0 Å². The third kappa shape index (κ3) is 3.83. The molecule has 1 aromatic carbocycles. The van der Waals surface area contributed by atoms with Crippen molar-refractivity contribution in [1.29, 1.82) is 0 Å². The van der Waals surface area contributed by atoms with E-state index in [0.29, 0.717) is 6.54 Å². The van der Waals surface area contributed by atoms with Crippen molar-refractivity contribution in [1.82, 2.24) is 0 Å². The molecule has 100 valence electrons. The molecule has 0 amide bonds. The Labute approximate surface area is 123 Å². The molecule has 3 nitrogen and oxygen atoms in total. The van der Waals surface area contributed by atoms with Crippen LogP contribution in [0.3, 0.4) is 0 Å². The van der Waals surface area contributed by atoms with E-state index in [4.69, 9.17) is 13.5 Å².